The van der Waals surface area contributed by atoms with E-state index in [-0.39, 0.29) is 11.8 Å². The van der Waals surface area contributed by atoms with Gasteiger partial charge in [-0.25, -0.2) is 0 Å². The van der Waals surface area contributed by atoms with Gasteiger partial charge in [-0.15, -0.1) is 0 Å². The van der Waals surface area contributed by atoms with Crippen LogP contribution >= 0.6 is 11.6 Å². The van der Waals surface area contributed by atoms with E-state index < -0.39 is 0 Å². The van der Waals surface area contributed by atoms with Crippen molar-refractivity contribution in [2.75, 3.05) is 14.1 Å². The molecule has 0 bridgehead atoms. The van der Waals surface area contributed by atoms with Crippen LogP contribution in [0.3, 0.4) is 0 Å². The standard InChI is InChI=1S/C19H17ClN2O2/c1-21(12-13-6-4-3-5-7-13)17-16(18(23)22(2)19(17)24)14-8-10-15(20)11-9-14/h3-11H,12H2,1-2H3. The molecule has 2 aromatic rings. The highest BCUT2D eigenvalue weighted by atomic mass is 35.5. The minimum atomic E-state index is -0.294. The summed E-state index contributed by atoms with van der Waals surface area (Å²) >= 11 is 5.93. The largest absolute Gasteiger partial charge is 0.365 e. The number of carbonyl (C=O) groups excluding carboxylic acids is 2. The molecule has 3 rings (SSSR count). The van der Waals surface area contributed by atoms with Crippen LogP contribution in [0, 0.1) is 0 Å². The zero-order valence-corrected chi connectivity index (χ0v) is 14.2. The third-order valence-corrected chi connectivity index (χ3v) is 4.29. The fourth-order valence-corrected chi connectivity index (χ4v) is 2.92. The molecule has 0 radical (unpaired) electrons. The summed E-state index contributed by atoms with van der Waals surface area (Å²) in [6.45, 7) is 0.542. The van der Waals surface area contributed by atoms with E-state index in [9.17, 15) is 9.59 Å². The molecule has 24 heavy (non-hydrogen) atoms. The Bertz CT molecular complexity index is 813. The van der Waals surface area contributed by atoms with E-state index in [4.69, 9.17) is 11.6 Å². The number of amides is 2. The first kappa shape index (κ1) is 16.3. The van der Waals surface area contributed by atoms with E-state index in [0.717, 1.165) is 10.5 Å². The second-order valence-electron chi connectivity index (χ2n) is 5.74. The zero-order valence-electron chi connectivity index (χ0n) is 13.5. The van der Waals surface area contributed by atoms with Gasteiger partial charge in [-0.1, -0.05) is 54.1 Å². The second-order valence-corrected chi connectivity index (χ2v) is 6.18. The van der Waals surface area contributed by atoms with Gasteiger partial charge in [-0.2, -0.15) is 0 Å². The highest BCUT2D eigenvalue weighted by Crippen LogP contribution is 2.31. The normalized spacial score (nSPS) is 14.5. The molecule has 4 nitrogen and oxygen atoms in total. The van der Waals surface area contributed by atoms with Crippen molar-refractivity contribution in [3.8, 4) is 0 Å². The SMILES string of the molecule is CN(Cc1ccccc1)C1=C(c2ccc(Cl)cc2)C(=O)N(C)C1=O. The van der Waals surface area contributed by atoms with Crippen molar-refractivity contribution >= 4 is 29.0 Å². The van der Waals surface area contributed by atoms with Gasteiger partial charge in [0.2, 0.25) is 0 Å². The number of likely N-dealkylation sites (N-methyl/N-ethyl adjacent to an activating group) is 2. The van der Waals surface area contributed by atoms with Crippen molar-refractivity contribution in [3.63, 3.8) is 0 Å². The molecule has 0 unspecified atom stereocenters. The van der Waals surface area contributed by atoms with Crippen LogP contribution in [0.25, 0.3) is 5.57 Å². The van der Waals surface area contributed by atoms with Crippen LogP contribution in [-0.4, -0.2) is 35.7 Å². The quantitative estimate of drug-likeness (QED) is 0.803. The first-order valence-electron chi connectivity index (χ1n) is 7.56. The highest BCUT2D eigenvalue weighted by molar-refractivity contribution is 6.35. The Morgan fingerprint density at radius 2 is 1.58 bits per heavy atom. The van der Waals surface area contributed by atoms with Gasteiger partial charge in [0.15, 0.2) is 0 Å². The van der Waals surface area contributed by atoms with Gasteiger partial charge >= 0.3 is 0 Å². The van der Waals surface area contributed by atoms with Gasteiger partial charge in [-0.3, -0.25) is 14.5 Å². The van der Waals surface area contributed by atoms with Crippen molar-refractivity contribution in [2.45, 2.75) is 6.54 Å². The van der Waals surface area contributed by atoms with Crippen LogP contribution in [0.2, 0.25) is 5.02 Å². The Morgan fingerprint density at radius 3 is 2.21 bits per heavy atom. The van der Waals surface area contributed by atoms with Crippen molar-refractivity contribution in [1.82, 2.24) is 9.80 Å². The van der Waals surface area contributed by atoms with E-state index in [1.54, 1.807) is 24.3 Å². The predicted molar refractivity (Wildman–Crippen MR) is 94.1 cm³/mol. The van der Waals surface area contributed by atoms with Crippen molar-refractivity contribution < 1.29 is 9.59 Å². The minimum absolute atomic E-state index is 0.289. The molecule has 1 aliphatic rings. The Kier molecular flexibility index (Phi) is 4.40. The number of rotatable bonds is 4. The molecule has 0 saturated heterocycles. The number of benzene rings is 2. The molecular weight excluding hydrogens is 324 g/mol. The van der Waals surface area contributed by atoms with Crippen LogP contribution in [0.5, 0.6) is 0 Å². The molecule has 2 amide bonds. The molecule has 122 valence electrons. The lowest BCUT2D eigenvalue weighted by Crippen LogP contribution is -2.30. The number of imide groups is 1. The molecule has 0 N–H and O–H groups in total. The predicted octanol–water partition coefficient (Wildman–Crippen LogP) is 3.18. The molecule has 0 fully saturated rings. The lowest BCUT2D eigenvalue weighted by atomic mass is 10.0. The monoisotopic (exact) mass is 340 g/mol. The average molecular weight is 341 g/mol. The number of hydrogen-bond acceptors (Lipinski definition) is 3. The first-order valence-corrected chi connectivity index (χ1v) is 7.94. The summed E-state index contributed by atoms with van der Waals surface area (Å²) in [4.78, 5) is 28.1. The lowest BCUT2D eigenvalue weighted by Gasteiger charge is -2.20. The smallest absolute Gasteiger partial charge is 0.277 e. The number of halogens is 1. The van der Waals surface area contributed by atoms with Gasteiger partial charge in [0, 0.05) is 25.7 Å². The van der Waals surface area contributed by atoms with E-state index in [1.165, 1.54) is 7.05 Å². The highest BCUT2D eigenvalue weighted by Gasteiger charge is 2.38. The van der Waals surface area contributed by atoms with E-state index in [2.05, 4.69) is 0 Å². The molecule has 0 saturated carbocycles. The Hall–Kier alpha value is -2.59. The van der Waals surface area contributed by atoms with Crippen LogP contribution in [0.1, 0.15) is 11.1 Å². The summed E-state index contributed by atoms with van der Waals surface area (Å²) < 4.78 is 0. The van der Waals surface area contributed by atoms with Gasteiger partial charge in [0.05, 0.1) is 5.57 Å². The van der Waals surface area contributed by atoms with Gasteiger partial charge in [-0.05, 0) is 23.3 Å². The first-order chi connectivity index (χ1) is 11.5. The summed E-state index contributed by atoms with van der Waals surface area (Å²) in [7, 11) is 3.33. The number of nitrogens with zero attached hydrogens (tertiary/aromatic N) is 2. The summed E-state index contributed by atoms with van der Waals surface area (Å²) in [6.07, 6.45) is 0. The molecule has 1 heterocycles. The Balaban J connectivity index is 2.03. The summed E-state index contributed by atoms with van der Waals surface area (Å²) in [6, 6.07) is 16.8. The summed E-state index contributed by atoms with van der Waals surface area (Å²) in [5, 5.41) is 0.587. The van der Waals surface area contributed by atoms with Crippen molar-refractivity contribution in [3.05, 3.63) is 76.4 Å². The Morgan fingerprint density at radius 1 is 0.958 bits per heavy atom. The Labute approximate surface area is 145 Å². The fraction of sp³-hybridized carbons (Fsp3) is 0.158. The van der Waals surface area contributed by atoms with Gasteiger partial charge in [0.1, 0.15) is 5.70 Å². The van der Waals surface area contributed by atoms with E-state index in [1.807, 2.05) is 42.3 Å². The third-order valence-electron chi connectivity index (χ3n) is 4.04. The third kappa shape index (κ3) is 2.93. The van der Waals surface area contributed by atoms with E-state index >= 15 is 0 Å². The zero-order chi connectivity index (χ0) is 17.3. The van der Waals surface area contributed by atoms with Crippen LogP contribution in [0.15, 0.2) is 60.3 Å². The summed E-state index contributed by atoms with van der Waals surface area (Å²) in [5.41, 5.74) is 2.58. The molecule has 2 aromatic carbocycles. The van der Waals surface area contributed by atoms with Crippen LogP contribution in [-0.2, 0) is 16.1 Å². The molecule has 0 atom stereocenters. The minimum Gasteiger partial charge on any atom is -0.365 e. The topological polar surface area (TPSA) is 40.6 Å². The van der Waals surface area contributed by atoms with Crippen molar-refractivity contribution in [1.29, 1.82) is 0 Å². The molecule has 0 aromatic heterocycles. The number of hydrogen-bond donors (Lipinski definition) is 0. The van der Waals surface area contributed by atoms with Crippen molar-refractivity contribution in [2.24, 2.45) is 0 Å². The maximum absolute atomic E-state index is 12.6. The fourth-order valence-electron chi connectivity index (χ4n) is 2.79. The lowest BCUT2D eigenvalue weighted by molar-refractivity contribution is -0.135. The van der Waals surface area contributed by atoms with Crippen LogP contribution in [0.4, 0.5) is 0 Å². The summed E-state index contributed by atoms with van der Waals surface area (Å²) in [5.74, 6) is -0.583. The molecule has 0 aliphatic carbocycles. The molecule has 0 spiro atoms. The second kappa shape index (κ2) is 6.49. The molecule has 5 heteroatoms. The maximum atomic E-state index is 12.6. The van der Waals surface area contributed by atoms with Gasteiger partial charge < -0.3 is 4.90 Å². The molecular formula is C19H17ClN2O2. The van der Waals surface area contributed by atoms with Gasteiger partial charge in [0.25, 0.3) is 11.8 Å². The average Bonchev–Trinajstić information content (AvgIpc) is 2.81. The maximum Gasteiger partial charge on any atom is 0.277 e. The van der Waals surface area contributed by atoms with Crippen LogP contribution < -0.4 is 0 Å². The molecule has 1 aliphatic heterocycles. The van der Waals surface area contributed by atoms with E-state index in [0.29, 0.717) is 28.4 Å². The number of carbonyl (C=O) groups is 2.